The molecule has 0 fully saturated rings. The molecule has 1 rings (SSSR count). The van der Waals surface area contributed by atoms with Crippen LogP contribution in [0.4, 0.5) is 0 Å². The van der Waals surface area contributed by atoms with Crippen LogP contribution < -0.4 is 0 Å². The van der Waals surface area contributed by atoms with Crippen LogP contribution in [0.25, 0.3) is 0 Å². The fourth-order valence-electron chi connectivity index (χ4n) is 1.24. The topological polar surface area (TPSA) is 0 Å². The quantitative estimate of drug-likeness (QED) is 0.654. The summed E-state index contributed by atoms with van der Waals surface area (Å²) in [5, 5.41) is 0.537. The van der Waals surface area contributed by atoms with Crippen LogP contribution in [0.2, 0.25) is 0 Å². The molecule has 13 heavy (non-hydrogen) atoms. The predicted octanol–water partition coefficient (Wildman–Crippen LogP) is 4.42. The molecule has 0 saturated carbocycles. The summed E-state index contributed by atoms with van der Waals surface area (Å²) in [6.07, 6.45) is 0.619. The minimum Gasteiger partial charge on any atom is -0.117 e. The zero-order valence-corrected chi connectivity index (χ0v) is 9.07. The van der Waals surface area contributed by atoms with Crippen molar-refractivity contribution < 1.29 is 0 Å². The zero-order valence-electron chi connectivity index (χ0n) is 7.56. The molecule has 1 unspecified atom stereocenters. The maximum atomic E-state index is 6.16. The molecule has 0 aliphatic carbocycles. The maximum absolute atomic E-state index is 6.16. The van der Waals surface area contributed by atoms with Crippen molar-refractivity contribution in [1.82, 2.24) is 0 Å². The molecular weight excluding hydrogens is 203 g/mol. The van der Waals surface area contributed by atoms with Crippen molar-refractivity contribution in [3.8, 4) is 0 Å². The van der Waals surface area contributed by atoms with Crippen molar-refractivity contribution >= 4 is 23.2 Å². The van der Waals surface area contributed by atoms with E-state index in [9.17, 15) is 0 Å². The Hall–Kier alpha value is -0.460. The van der Waals surface area contributed by atoms with Crippen LogP contribution in [0.5, 0.6) is 0 Å². The van der Waals surface area contributed by atoms with E-state index in [1.165, 1.54) is 5.56 Å². The predicted molar refractivity (Wildman–Crippen MR) is 59.4 cm³/mol. The van der Waals surface area contributed by atoms with Crippen molar-refractivity contribution in [3.63, 3.8) is 0 Å². The van der Waals surface area contributed by atoms with Gasteiger partial charge in [-0.25, -0.2) is 0 Å². The summed E-state index contributed by atoms with van der Waals surface area (Å²) in [6, 6.07) is 8.04. The lowest BCUT2D eigenvalue weighted by Crippen LogP contribution is -1.93. The van der Waals surface area contributed by atoms with Crippen LogP contribution in [0, 0.1) is 6.92 Å². The second-order valence-corrected chi connectivity index (χ2v) is 4.11. The Morgan fingerprint density at radius 3 is 2.62 bits per heavy atom. The first-order valence-electron chi connectivity index (χ1n) is 4.14. The van der Waals surface area contributed by atoms with E-state index in [1.807, 2.05) is 31.2 Å². The molecule has 0 amide bonds. The highest BCUT2D eigenvalue weighted by molar-refractivity contribution is 6.30. The number of aryl methyl sites for hydroxylation is 1. The first-order chi connectivity index (χ1) is 6.11. The van der Waals surface area contributed by atoms with E-state index < -0.39 is 0 Å². The highest BCUT2D eigenvalue weighted by Crippen LogP contribution is 2.30. The monoisotopic (exact) mass is 214 g/mol. The summed E-state index contributed by atoms with van der Waals surface area (Å²) in [7, 11) is 0. The van der Waals surface area contributed by atoms with E-state index in [4.69, 9.17) is 23.2 Å². The van der Waals surface area contributed by atoms with Crippen molar-refractivity contribution in [2.24, 2.45) is 0 Å². The van der Waals surface area contributed by atoms with Crippen LogP contribution >= 0.6 is 23.2 Å². The minimum atomic E-state index is -0.0637. The second kappa shape index (κ2) is 4.69. The van der Waals surface area contributed by atoms with Gasteiger partial charge in [-0.05, 0) is 18.1 Å². The zero-order chi connectivity index (χ0) is 9.84. The van der Waals surface area contributed by atoms with Gasteiger partial charge in [0.2, 0.25) is 0 Å². The van der Waals surface area contributed by atoms with Crippen molar-refractivity contribution in [2.45, 2.75) is 18.7 Å². The molecule has 0 spiro atoms. The molecule has 0 aromatic heterocycles. The third-order valence-corrected chi connectivity index (χ3v) is 2.47. The smallest absolute Gasteiger partial charge is 0.0636 e. The molecule has 1 atom stereocenters. The average molecular weight is 215 g/mol. The van der Waals surface area contributed by atoms with Gasteiger partial charge in [-0.1, -0.05) is 42.4 Å². The molecule has 0 heterocycles. The Bertz CT molecular complexity index is 305. The van der Waals surface area contributed by atoms with E-state index in [1.54, 1.807) is 0 Å². The number of hydrogen-bond acceptors (Lipinski definition) is 0. The molecule has 0 N–H and O–H groups in total. The summed E-state index contributed by atoms with van der Waals surface area (Å²) in [5.74, 6) is 0. The Kier molecular flexibility index (Phi) is 3.83. The van der Waals surface area contributed by atoms with Crippen LogP contribution in [0.3, 0.4) is 0 Å². The number of hydrogen-bond donors (Lipinski definition) is 0. The van der Waals surface area contributed by atoms with Crippen LogP contribution in [0.15, 0.2) is 35.9 Å². The molecule has 1 aromatic rings. The van der Waals surface area contributed by atoms with E-state index in [0.29, 0.717) is 11.5 Å². The van der Waals surface area contributed by atoms with Gasteiger partial charge in [-0.2, -0.15) is 0 Å². The van der Waals surface area contributed by atoms with E-state index in [0.717, 1.165) is 5.56 Å². The molecular formula is C11H12Cl2. The van der Waals surface area contributed by atoms with Gasteiger partial charge in [0.1, 0.15) is 0 Å². The van der Waals surface area contributed by atoms with Crippen molar-refractivity contribution in [2.75, 3.05) is 0 Å². The maximum Gasteiger partial charge on any atom is 0.0636 e. The molecule has 0 aliphatic heterocycles. The first kappa shape index (κ1) is 10.6. The largest absolute Gasteiger partial charge is 0.117 e. The molecule has 0 nitrogen and oxygen atoms in total. The SMILES string of the molecule is C=C(Cl)CC(Cl)c1ccccc1C. The Balaban J connectivity index is 2.82. The highest BCUT2D eigenvalue weighted by Gasteiger charge is 2.10. The standard InChI is InChI=1S/C11H12Cl2/c1-8-5-3-4-6-10(8)11(13)7-9(2)12/h3-6,11H,2,7H2,1H3. The van der Waals surface area contributed by atoms with Crippen molar-refractivity contribution in [1.29, 1.82) is 0 Å². The molecule has 2 heteroatoms. The molecule has 1 aromatic carbocycles. The highest BCUT2D eigenvalue weighted by atomic mass is 35.5. The van der Waals surface area contributed by atoms with Gasteiger partial charge < -0.3 is 0 Å². The van der Waals surface area contributed by atoms with Gasteiger partial charge in [0.25, 0.3) is 0 Å². The molecule has 0 radical (unpaired) electrons. The molecule has 70 valence electrons. The summed E-state index contributed by atoms with van der Waals surface area (Å²) in [4.78, 5) is 0. The summed E-state index contributed by atoms with van der Waals surface area (Å²) in [5.41, 5.74) is 2.33. The average Bonchev–Trinajstić information content (AvgIpc) is 2.03. The van der Waals surface area contributed by atoms with Crippen LogP contribution in [-0.4, -0.2) is 0 Å². The summed E-state index contributed by atoms with van der Waals surface area (Å²) >= 11 is 11.9. The van der Waals surface area contributed by atoms with Gasteiger partial charge >= 0.3 is 0 Å². The number of alkyl halides is 1. The van der Waals surface area contributed by atoms with Gasteiger partial charge in [0, 0.05) is 11.5 Å². The van der Waals surface area contributed by atoms with Gasteiger partial charge in [0.15, 0.2) is 0 Å². The Morgan fingerprint density at radius 2 is 2.08 bits per heavy atom. The molecule has 0 saturated heterocycles. The minimum absolute atomic E-state index is 0.0637. The third-order valence-electron chi connectivity index (χ3n) is 1.93. The number of rotatable bonds is 3. The fraction of sp³-hybridized carbons (Fsp3) is 0.273. The molecule has 0 bridgehead atoms. The lowest BCUT2D eigenvalue weighted by molar-refractivity contribution is 0.934. The van der Waals surface area contributed by atoms with Gasteiger partial charge in [0.05, 0.1) is 5.38 Å². The lowest BCUT2D eigenvalue weighted by Gasteiger charge is -2.11. The number of benzene rings is 1. The lowest BCUT2D eigenvalue weighted by atomic mass is 10.0. The van der Waals surface area contributed by atoms with E-state index in [-0.39, 0.29) is 5.38 Å². The fourth-order valence-corrected chi connectivity index (χ4v) is 1.91. The number of halogens is 2. The first-order valence-corrected chi connectivity index (χ1v) is 4.95. The summed E-state index contributed by atoms with van der Waals surface area (Å²) < 4.78 is 0. The van der Waals surface area contributed by atoms with Crippen LogP contribution in [-0.2, 0) is 0 Å². The summed E-state index contributed by atoms with van der Waals surface area (Å²) in [6.45, 7) is 5.67. The molecule has 0 aliphatic rings. The number of allylic oxidation sites excluding steroid dienone is 1. The Morgan fingerprint density at radius 1 is 1.46 bits per heavy atom. The van der Waals surface area contributed by atoms with Gasteiger partial charge in [-0.3, -0.25) is 0 Å². The van der Waals surface area contributed by atoms with Crippen LogP contribution in [0.1, 0.15) is 22.9 Å². The Labute approximate surface area is 89.2 Å². The third kappa shape index (κ3) is 3.06. The second-order valence-electron chi connectivity index (χ2n) is 3.05. The van der Waals surface area contributed by atoms with Crippen molar-refractivity contribution in [3.05, 3.63) is 47.0 Å². The van der Waals surface area contributed by atoms with E-state index in [2.05, 4.69) is 6.58 Å². The van der Waals surface area contributed by atoms with E-state index >= 15 is 0 Å². The van der Waals surface area contributed by atoms with Gasteiger partial charge in [-0.15, -0.1) is 11.6 Å². The normalized spacial score (nSPS) is 12.5.